The normalized spacial score (nSPS) is 10.5. The number of nitrogens with zero attached hydrogens (tertiary/aromatic N) is 1. The highest BCUT2D eigenvalue weighted by Crippen LogP contribution is 2.23. The van der Waals surface area contributed by atoms with Crippen molar-refractivity contribution in [2.24, 2.45) is 0 Å². The number of rotatable bonds is 5. The molecule has 0 amide bonds. The Bertz CT molecular complexity index is 795. The van der Waals surface area contributed by atoms with Crippen LogP contribution in [0, 0.1) is 13.8 Å². The van der Waals surface area contributed by atoms with Crippen LogP contribution in [-0.2, 0) is 13.0 Å². The quantitative estimate of drug-likeness (QED) is 0.863. The zero-order valence-corrected chi connectivity index (χ0v) is 13.1. The molecule has 1 aromatic carbocycles. The summed E-state index contributed by atoms with van der Waals surface area (Å²) >= 11 is 0. The van der Waals surface area contributed by atoms with Gasteiger partial charge in [0.25, 0.3) is 5.56 Å². The molecule has 0 aliphatic heterocycles. The third kappa shape index (κ3) is 3.19. The van der Waals surface area contributed by atoms with Crippen molar-refractivity contribution in [3.63, 3.8) is 0 Å². The summed E-state index contributed by atoms with van der Waals surface area (Å²) in [5, 5.41) is 0. The van der Waals surface area contributed by atoms with Gasteiger partial charge in [-0.15, -0.1) is 6.58 Å². The van der Waals surface area contributed by atoms with Gasteiger partial charge in [-0.05, 0) is 43.5 Å². The molecule has 116 valence electrons. The molecule has 0 bridgehead atoms. The smallest absolute Gasteiger partial charge is 0.331 e. The first-order valence-corrected chi connectivity index (χ1v) is 7.19. The van der Waals surface area contributed by atoms with Crippen molar-refractivity contribution in [1.82, 2.24) is 9.55 Å². The van der Waals surface area contributed by atoms with Gasteiger partial charge in [0.2, 0.25) is 5.88 Å². The second kappa shape index (κ2) is 6.47. The highest BCUT2D eigenvalue weighted by Gasteiger charge is 2.14. The number of allylic oxidation sites excluding steroid dienone is 1. The Hall–Kier alpha value is -2.56. The van der Waals surface area contributed by atoms with Gasteiger partial charge in [-0.2, -0.15) is 0 Å². The number of hydrogen-bond donors (Lipinski definition) is 1. The summed E-state index contributed by atoms with van der Waals surface area (Å²) in [6.07, 6.45) is 1.98. The summed E-state index contributed by atoms with van der Waals surface area (Å²) in [5.41, 5.74) is 1.71. The fourth-order valence-corrected chi connectivity index (χ4v) is 2.40. The zero-order valence-electron chi connectivity index (χ0n) is 13.1. The Kier molecular flexibility index (Phi) is 4.65. The first-order chi connectivity index (χ1) is 10.5. The monoisotopic (exact) mass is 300 g/mol. The molecule has 0 radical (unpaired) electrons. The standard InChI is InChI=1S/C17H20N2O3/c1-5-7-19-16(20)14(6-2)15(18-17(19)21)22-13-9-11(3)8-12(4)10-13/h5,8-10H,1,6-7H2,2-4H3,(H,18,21). The number of hydrogen-bond acceptors (Lipinski definition) is 3. The predicted molar refractivity (Wildman–Crippen MR) is 86.9 cm³/mol. The molecule has 0 aliphatic carbocycles. The van der Waals surface area contributed by atoms with Gasteiger partial charge in [0.05, 0.1) is 5.56 Å². The average Bonchev–Trinajstić information content (AvgIpc) is 2.42. The van der Waals surface area contributed by atoms with E-state index in [0.29, 0.717) is 17.7 Å². The molecular weight excluding hydrogens is 280 g/mol. The molecule has 22 heavy (non-hydrogen) atoms. The topological polar surface area (TPSA) is 64.1 Å². The van der Waals surface area contributed by atoms with Gasteiger partial charge in [0.15, 0.2) is 0 Å². The Morgan fingerprint density at radius 1 is 1.23 bits per heavy atom. The van der Waals surface area contributed by atoms with E-state index in [1.165, 1.54) is 6.08 Å². The maximum absolute atomic E-state index is 12.4. The number of aryl methyl sites for hydroxylation is 2. The largest absolute Gasteiger partial charge is 0.440 e. The van der Waals surface area contributed by atoms with Crippen LogP contribution in [0.3, 0.4) is 0 Å². The maximum Gasteiger partial charge on any atom is 0.331 e. The molecular formula is C17H20N2O3. The lowest BCUT2D eigenvalue weighted by atomic mass is 10.1. The molecule has 0 saturated heterocycles. The lowest BCUT2D eigenvalue weighted by Gasteiger charge is -2.12. The van der Waals surface area contributed by atoms with Gasteiger partial charge < -0.3 is 4.74 Å². The Balaban J connectivity index is 2.53. The van der Waals surface area contributed by atoms with Crippen molar-refractivity contribution in [3.8, 4) is 11.6 Å². The van der Waals surface area contributed by atoms with E-state index in [4.69, 9.17) is 4.74 Å². The number of ether oxygens (including phenoxy) is 1. The Morgan fingerprint density at radius 3 is 2.41 bits per heavy atom. The fourth-order valence-electron chi connectivity index (χ4n) is 2.40. The Labute approximate surface area is 128 Å². The summed E-state index contributed by atoms with van der Waals surface area (Å²) in [7, 11) is 0. The van der Waals surface area contributed by atoms with E-state index in [0.717, 1.165) is 15.7 Å². The van der Waals surface area contributed by atoms with E-state index in [-0.39, 0.29) is 18.0 Å². The molecule has 0 aliphatic rings. The van der Waals surface area contributed by atoms with Crippen LogP contribution < -0.4 is 16.0 Å². The predicted octanol–water partition coefficient (Wildman–Crippen LogP) is 2.69. The first-order valence-electron chi connectivity index (χ1n) is 7.19. The van der Waals surface area contributed by atoms with Gasteiger partial charge in [-0.1, -0.05) is 19.1 Å². The van der Waals surface area contributed by atoms with E-state index in [2.05, 4.69) is 11.6 Å². The van der Waals surface area contributed by atoms with Crippen LogP contribution in [0.25, 0.3) is 0 Å². The molecule has 0 fully saturated rings. The number of aromatic amines is 1. The van der Waals surface area contributed by atoms with Crippen molar-refractivity contribution in [3.05, 3.63) is 68.4 Å². The van der Waals surface area contributed by atoms with Crippen LogP contribution >= 0.6 is 0 Å². The minimum Gasteiger partial charge on any atom is -0.440 e. The molecule has 0 spiro atoms. The SMILES string of the molecule is C=CCn1c(=O)[nH]c(Oc2cc(C)cc(C)c2)c(CC)c1=O. The molecule has 2 rings (SSSR count). The van der Waals surface area contributed by atoms with Crippen LogP contribution in [0.4, 0.5) is 0 Å². The molecule has 1 aromatic heterocycles. The summed E-state index contributed by atoms with van der Waals surface area (Å²) in [6.45, 7) is 9.51. The van der Waals surface area contributed by atoms with Crippen LogP contribution in [0.2, 0.25) is 0 Å². The second-order valence-electron chi connectivity index (χ2n) is 5.22. The molecule has 2 aromatic rings. The van der Waals surface area contributed by atoms with E-state index < -0.39 is 5.69 Å². The van der Waals surface area contributed by atoms with Gasteiger partial charge in [-0.25, -0.2) is 4.79 Å². The van der Waals surface area contributed by atoms with Gasteiger partial charge in [0.1, 0.15) is 5.75 Å². The lowest BCUT2D eigenvalue weighted by molar-refractivity contribution is 0.445. The van der Waals surface area contributed by atoms with Crippen LogP contribution in [0.5, 0.6) is 11.6 Å². The van der Waals surface area contributed by atoms with Crippen molar-refractivity contribution < 1.29 is 4.74 Å². The first kappa shape index (κ1) is 15.8. The number of aromatic nitrogens is 2. The van der Waals surface area contributed by atoms with E-state index in [1.807, 2.05) is 39.0 Å². The van der Waals surface area contributed by atoms with Crippen LogP contribution in [-0.4, -0.2) is 9.55 Å². The molecule has 1 heterocycles. The minimum absolute atomic E-state index is 0.172. The van der Waals surface area contributed by atoms with E-state index in [1.54, 1.807) is 0 Å². The fraction of sp³-hybridized carbons (Fsp3) is 0.294. The molecule has 0 unspecified atom stereocenters. The molecule has 1 N–H and O–H groups in total. The number of benzene rings is 1. The van der Waals surface area contributed by atoms with Crippen molar-refractivity contribution in [2.75, 3.05) is 0 Å². The van der Waals surface area contributed by atoms with Crippen molar-refractivity contribution in [1.29, 1.82) is 0 Å². The van der Waals surface area contributed by atoms with Crippen molar-refractivity contribution >= 4 is 0 Å². The Morgan fingerprint density at radius 2 is 1.86 bits per heavy atom. The second-order valence-corrected chi connectivity index (χ2v) is 5.22. The molecule has 0 saturated carbocycles. The third-order valence-electron chi connectivity index (χ3n) is 3.32. The number of nitrogens with one attached hydrogen (secondary N) is 1. The third-order valence-corrected chi connectivity index (χ3v) is 3.32. The number of H-pyrrole nitrogens is 1. The lowest BCUT2D eigenvalue weighted by Crippen LogP contribution is -2.37. The molecule has 5 heteroatoms. The minimum atomic E-state index is -0.499. The molecule has 5 nitrogen and oxygen atoms in total. The molecule has 0 atom stereocenters. The van der Waals surface area contributed by atoms with Gasteiger partial charge in [-0.3, -0.25) is 14.3 Å². The van der Waals surface area contributed by atoms with E-state index >= 15 is 0 Å². The highest BCUT2D eigenvalue weighted by atomic mass is 16.5. The average molecular weight is 300 g/mol. The zero-order chi connectivity index (χ0) is 16.3. The summed E-state index contributed by atoms with van der Waals surface area (Å²) in [6, 6.07) is 5.75. The van der Waals surface area contributed by atoms with E-state index in [9.17, 15) is 9.59 Å². The highest BCUT2D eigenvalue weighted by molar-refractivity contribution is 5.36. The van der Waals surface area contributed by atoms with Crippen LogP contribution in [0.1, 0.15) is 23.6 Å². The van der Waals surface area contributed by atoms with Gasteiger partial charge in [0, 0.05) is 6.54 Å². The summed E-state index contributed by atoms with van der Waals surface area (Å²) in [4.78, 5) is 27.0. The van der Waals surface area contributed by atoms with Crippen LogP contribution in [0.15, 0.2) is 40.4 Å². The maximum atomic E-state index is 12.4. The van der Waals surface area contributed by atoms with Gasteiger partial charge >= 0.3 is 5.69 Å². The summed E-state index contributed by atoms with van der Waals surface area (Å²) in [5.74, 6) is 0.812. The van der Waals surface area contributed by atoms with Crippen molar-refractivity contribution in [2.45, 2.75) is 33.7 Å². The summed E-state index contributed by atoms with van der Waals surface area (Å²) < 4.78 is 6.87.